The maximum absolute atomic E-state index is 11.5. The van der Waals surface area contributed by atoms with Crippen molar-refractivity contribution in [2.75, 3.05) is 12.4 Å². The van der Waals surface area contributed by atoms with Gasteiger partial charge in [-0.15, -0.1) is 11.3 Å². The SMILES string of the molecule is COC(=O)c1cccc(Nc2nc(-c3ccccc3)cs2)c1. The molecule has 5 heteroatoms. The normalized spacial score (nSPS) is 10.2. The highest BCUT2D eigenvalue weighted by Gasteiger charge is 2.08. The zero-order valence-corrected chi connectivity index (χ0v) is 12.8. The van der Waals surface area contributed by atoms with E-state index in [2.05, 4.69) is 10.3 Å². The molecule has 0 saturated carbocycles. The number of benzene rings is 2. The van der Waals surface area contributed by atoms with E-state index in [9.17, 15) is 4.79 Å². The molecule has 1 heterocycles. The third-order valence-electron chi connectivity index (χ3n) is 3.11. The number of rotatable bonds is 4. The van der Waals surface area contributed by atoms with Gasteiger partial charge in [0.2, 0.25) is 0 Å². The molecule has 2 aromatic carbocycles. The van der Waals surface area contributed by atoms with Crippen LogP contribution in [0.2, 0.25) is 0 Å². The summed E-state index contributed by atoms with van der Waals surface area (Å²) in [5.74, 6) is -0.354. The van der Waals surface area contributed by atoms with Crippen LogP contribution in [-0.2, 0) is 4.74 Å². The molecule has 0 amide bonds. The van der Waals surface area contributed by atoms with Crippen LogP contribution in [0.1, 0.15) is 10.4 Å². The zero-order valence-electron chi connectivity index (χ0n) is 11.9. The van der Waals surface area contributed by atoms with Gasteiger partial charge in [0.1, 0.15) is 0 Å². The number of hydrogen-bond donors (Lipinski definition) is 1. The number of thiazole rings is 1. The largest absolute Gasteiger partial charge is 0.465 e. The fraction of sp³-hybridized carbons (Fsp3) is 0.0588. The molecule has 0 unspecified atom stereocenters. The summed E-state index contributed by atoms with van der Waals surface area (Å²) in [6.45, 7) is 0. The van der Waals surface area contributed by atoms with Gasteiger partial charge < -0.3 is 10.1 Å². The van der Waals surface area contributed by atoms with Gasteiger partial charge in [-0.3, -0.25) is 0 Å². The highest BCUT2D eigenvalue weighted by molar-refractivity contribution is 7.14. The highest BCUT2D eigenvalue weighted by Crippen LogP contribution is 2.27. The van der Waals surface area contributed by atoms with Crippen LogP contribution in [0.25, 0.3) is 11.3 Å². The van der Waals surface area contributed by atoms with Crippen molar-refractivity contribution in [1.29, 1.82) is 0 Å². The molecule has 0 saturated heterocycles. The summed E-state index contributed by atoms with van der Waals surface area (Å²) in [5.41, 5.74) is 3.32. The van der Waals surface area contributed by atoms with Gasteiger partial charge in [-0.1, -0.05) is 36.4 Å². The van der Waals surface area contributed by atoms with Crippen molar-refractivity contribution in [3.8, 4) is 11.3 Å². The molecule has 4 nitrogen and oxygen atoms in total. The minimum absolute atomic E-state index is 0.354. The molecule has 0 fully saturated rings. The Hall–Kier alpha value is -2.66. The minimum atomic E-state index is -0.354. The van der Waals surface area contributed by atoms with Crippen molar-refractivity contribution in [1.82, 2.24) is 4.98 Å². The van der Waals surface area contributed by atoms with Gasteiger partial charge in [0.25, 0.3) is 0 Å². The Morgan fingerprint density at radius 3 is 2.73 bits per heavy atom. The van der Waals surface area contributed by atoms with Crippen molar-refractivity contribution in [2.45, 2.75) is 0 Å². The van der Waals surface area contributed by atoms with Crippen molar-refractivity contribution in [3.63, 3.8) is 0 Å². The Morgan fingerprint density at radius 2 is 1.95 bits per heavy atom. The number of nitrogens with zero attached hydrogens (tertiary/aromatic N) is 1. The molecular formula is C17H14N2O2S. The number of methoxy groups -OCH3 is 1. The first-order valence-corrected chi connectivity index (χ1v) is 7.60. The molecule has 1 N–H and O–H groups in total. The number of carbonyl (C=O) groups is 1. The Kier molecular flexibility index (Phi) is 4.16. The van der Waals surface area contributed by atoms with Crippen molar-refractivity contribution in [2.24, 2.45) is 0 Å². The maximum Gasteiger partial charge on any atom is 0.337 e. The van der Waals surface area contributed by atoms with E-state index in [1.165, 1.54) is 18.4 Å². The van der Waals surface area contributed by atoms with Crippen LogP contribution >= 0.6 is 11.3 Å². The average molecular weight is 310 g/mol. The lowest BCUT2D eigenvalue weighted by Crippen LogP contribution is -2.01. The van der Waals surface area contributed by atoms with Gasteiger partial charge in [-0.2, -0.15) is 0 Å². The number of nitrogens with one attached hydrogen (secondary N) is 1. The summed E-state index contributed by atoms with van der Waals surface area (Å²) in [5, 5.41) is 5.99. The lowest BCUT2D eigenvalue weighted by Gasteiger charge is -2.04. The summed E-state index contributed by atoms with van der Waals surface area (Å²) in [6.07, 6.45) is 0. The lowest BCUT2D eigenvalue weighted by molar-refractivity contribution is 0.0601. The van der Waals surface area contributed by atoms with Gasteiger partial charge in [0.15, 0.2) is 5.13 Å². The van der Waals surface area contributed by atoms with E-state index in [1.54, 1.807) is 18.2 Å². The van der Waals surface area contributed by atoms with E-state index in [0.29, 0.717) is 5.56 Å². The van der Waals surface area contributed by atoms with Crippen molar-refractivity contribution in [3.05, 3.63) is 65.5 Å². The summed E-state index contributed by atoms with van der Waals surface area (Å²) >= 11 is 1.52. The first-order chi connectivity index (χ1) is 10.8. The molecule has 0 aliphatic rings. The Morgan fingerprint density at radius 1 is 1.14 bits per heavy atom. The number of esters is 1. The summed E-state index contributed by atoms with van der Waals surface area (Å²) in [7, 11) is 1.37. The first-order valence-electron chi connectivity index (χ1n) is 6.72. The second-order valence-electron chi connectivity index (χ2n) is 4.60. The van der Waals surface area contributed by atoms with Crippen LogP contribution in [0.4, 0.5) is 10.8 Å². The molecule has 0 radical (unpaired) electrons. The van der Waals surface area contributed by atoms with Crippen molar-refractivity contribution < 1.29 is 9.53 Å². The number of ether oxygens (including phenoxy) is 1. The number of carbonyl (C=O) groups excluding carboxylic acids is 1. The van der Waals surface area contributed by atoms with Crippen LogP contribution in [0, 0.1) is 0 Å². The van der Waals surface area contributed by atoms with Gasteiger partial charge in [-0.25, -0.2) is 9.78 Å². The standard InChI is InChI=1S/C17H14N2O2S/c1-21-16(20)13-8-5-9-14(10-13)18-17-19-15(11-22-17)12-6-3-2-4-7-12/h2-11H,1H3,(H,18,19). The molecule has 0 atom stereocenters. The van der Waals surface area contributed by atoms with Crippen molar-refractivity contribution >= 4 is 28.1 Å². The molecule has 3 aromatic rings. The van der Waals surface area contributed by atoms with E-state index >= 15 is 0 Å². The molecular weight excluding hydrogens is 296 g/mol. The number of hydrogen-bond acceptors (Lipinski definition) is 5. The predicted molar refractivity (Wildman–Crippen MR) is 88.6 cm³/mol. The van der Waals surface area contributed by atoms with Gasteiger partial charge in [0.05, 0.1) is 18.4 Å². The topological polar surface area (TPSA) is 51.2 Å². The molecule has 110 valence electrons. The molecule has 0 spiro atoms. The van der Waals surface area contributed by atoms with Gasteiger partial charge in [-0.05, 0) is 18.2 Å². The summed E-state index contributed by atoms with van der Waals surface area (Å²) in [4.78, 5) is 16.1. The van der Waals surface area contributed by atoms with Crippen LogP contribution in [0.15, 0.2) is 60.0 Å². The van der Waals surface area contributed by atoms with Gasteiger partial charge >= 0.3 is 5.97 Å². The Bertz CT molecular complexity index is 784. The third-order valence-corrected chi connectivity index (χ3v) is 3.87. The van der Waals surface area contributed by atoms with Crippen LogP contribution in [0.5, 0.6) is 0 Å². The van der Waals surface area contributed by atoms with Crippen LogP contribution in [-0.4, -0.2) is 18.1 Å². The maximum atomic E-state index is 11.5. The highest BCUT2D eigenvalue weighted by atomic mass is 32.1. The monoisotopic (exact) mass is 310 g/mol. The third kappa shape index (κ3) is 3.15. The number of aromatic nitrogens is 1. The molecule has 3 rings (SSSR count). The van der Waals surface area contributed by atoms with Crippen LogP contribution < -0.4 is 5.32 Å². The van der Waals surface area contributed by atoms with E-state index in [0.717, 1.165) is 22.1 Å². The molecule has 1 aromatic heterocycles. The fourth-order valence-corrected chi connectivity index (χ4v) is 2.78. The predicted octanol–water partition coefficient (Wildman–Crippen LogP) is 4.34. The second kappa shape index (κ2) is 6.41. The van der Waals surface area contributed by atoms with E-state index in [-0.39, 0.29) is 5.97 Å². The molecule has 0 bridgehead atoms. The van der Waals surface area contributed by atoms with E-state index in [1.807, 2.05) is 41.8 Å². The van der Waals surface area contributed by atoms with E-state index < -0.39 is 0 Å². The fourth-order valence-electron chi connectivity index (χ4n) is 2.04. The lowest BCUT2D eigenvalue weighted by atomic mass is 10.2. The summed E-state index contributed by atoms with van der Waals surface area (Å²) in [6, 6.07) is 17.2. The molecule has 0 aliphatic carbocycles. The number of anilines is 2. The smallest absolute Gasteiger partial charge is 0.337 e. The Balaban J connectivity index is 1.80. The zero-order chi connectivity index (χ0) is 15.4. The van der Waals surface area contributed by atoms with Crippen LogP contribution in [0.3, 0.4) is 0 Å². The molecule has 0 aliphatic heterocycles. The minimum Gasteiger partial charge on any atom is -0.465 e. The summed E-state index contributed by atoms with van der Waals surface area (Å²) < 4.78 is 4.72. The second-order valence-corrected chi connectivity index (χ2v) is 5.46. The molecule has 22 heavy (non-hydrogen) atoms. The first kappa shape index (κ1) is 14.3. The van der Waals surface area contributed by atoms with Gasteiger partial charge in [0, 0.05) is 16.6 Å². The average Bonchev–Trinajstić information content (AvgIpc) is 3.03. The Labute approximate surface area is 132 Å². The van der Waals surface area contributed by atoms with E-state index in [4.69, 9.17) is 4.74 Å². The quantitative estimate of drug-likeness (QED) is 0.728.